The van der Waals surface area contributed by atoms with E-state index in [-0.39, 0.29) is 18.5 Å². The number of hydrogen-bond donors (Lipinski definition) is 1. The molecular formula is C14H18N2O3. The molecule has 1 saturated heterocycles. The normalized spacial score (nSPS) is 21.5. The molecular weight excluding hydrogens is 244 g/mol. The Hall–Kier alpha value is -1.75. The number of benzene rings is 1. The third-order valence-corrected chi connectivity index (χ3v) is 3.70. The zero-order chi connectivity index (χ0) is 13.2. The van der Waals surface area contributed by atoms with Gasteiger partial charge in [-0.25, -0.2) is 0 Å². The summed E-state index contributed by atoms with van der Waals surface area (Å²) < 4.78 is 11.1. The van der Waals surface area contributed by atoms with Gasteiger partial charge in [-0.15, -0.1) is 0 Å². The zero-order valence-corrected chi connectivity index (χ0v) is 10.8. The number of nitrogens with two attached hydrogens (primary N) is 1. The highest BCUT2D eigenvalue weighted by Crippen LogP contribution is 2.37. The van der Waals surface area contributed by atoms with Crippen LogP contribution in [0.2, 0.25) is 0 Å². The summed E-state index contributed by atoms with van der Waals surface area (Å²) in [5.74, 6) is 1.57. The minimum Gasteiger partial charge on any atom is -0.486 e. The fourth-order valence-corrected chi connectivity index (χ4v) is 2.80. The van der Waals surface area contributed by atoms with Gasteiger partial charge in [-0.1, -0.05) is 6.07 Å². The number of nitrogens with zero attached hydrogens (tertiary/aromatic N) is 1. The lowest BCUT2D eigenvalue weighted by Crippen LogP contribution is -2.35. The third kappa shape index (κ3) is 2.26. The number of carbonyl (C=O) groups excluding carboxylic acids is 1. The lowest BCUT2D eigenvalue weighted by Gasteiger charge is -2.26. The van der Waals surface area contributed by atoms with Crippen LogP contribution >= 0.6 is 0 Å². The van der Waals surface area contributed by atoms with Gasteiger partial charge in [-0.2, -0.15) is 0 Å². The summed E-state index contributed by atoms with van der Waals surface area (Å²) in [7, 11) is 0. The van der Waals surface area contributed by atoms with Crippen LogP contribution in [0.4, 0.5) is 0 Å². The molecule has 2 heterocycles. The van der Waals surface area contributed by atoms with Gasteiger partial charge in [0.1, 0.15) is 13.2 Å². The molecule has 2 aliphatic rings. The molecule has 0 radical (unpaired) electrons. The highest BCUT2D eigenvalue weighted by molar-refractivity contribution is 5.78. The highest BCUT2D eigenvalue weighted by Gasteiger charge is 2.30. The van der Waals surface area contributed by atoms with Crippen molar-refractivity contribution in [3.05, 3.63) is 23.8 Å². The van der Waals surface area contributed by atoms with E-state index in [0.717, 1.165) is 36.4 Å². The average molecular weight is 262 g/mol. The topological polar surface area (TPSA) is 64.8 Å². The van der Waals surface area contributed by atoms with Crippen LogP contribution in [-0.2, 0) is 4.79 Å². The van der Waals surface area contributed by atoms with E-state index < -0.39 is 0 Å². The molecule has 0 aromatic heterocycles. The molecule has 102 valence electrons. The van der Waals surface area contributed by atoms with Crippen LogP contribution in [-0.4, -0.2) is 37.1 Å². The maximum Gasteiger partial charge on any atom is 0.236 e. The van der Waals surface area contributed by atoms with Gasteiger partial charge in [-0.05, 0) is 30.5 Å². The summed E-state index contributed by atoms with van der Waals surface area (Å²) in [4.78, 5) is 13.7. The minimum absolute atomic E-state index is 0.0115. The van der Waals surface area contributed by atoms with Crippen molar-refractivity contribution < 1.29 is 14.3 Å². The summed E-state index contributed by atoms with van der Waals surface area (Å²) in [5, 5.41) is 0. The van der Waals surface area contributed by atoms with Crippen LogP contribution in [0.25, 0.3) is 0 Å². The van der Waals surface area contributed by atoms with Crippen molar-refractivity contribution >= 4 is 5.91 Å². The first-order chi connectivity index (χ1) is 9.29. The van der Waals surface area contributed by atoms with Crippen LogP contribution in [0.3, 0.4) is 0 Å². The lowest BCUT2D eigenvalue weighted by atomic mass is 10.0. The van der Waals surface area contributed by atoms with Gasteiger partial charge in [0, 0.05) is 6.54 Å². The van der Waals surface area contributed by atoms with Crippen LogP contribution < -0.4 is 15.2 Å². The van der Waals surface area contributed by atoms with E-state index in [0.29, 0.717) is 13.2 Å². The van der Waals surface area contributed by atoms with Crippen molar-refractivity contribution in [1.82, 2.24) is 4.90 Å². The first-order valence-electron chi connectivity index (χ1n) is 6.68. The van der Waals surface area contributed by atoms with Gasteiger partial charge >= 0.3 is 0 Å². The molecule has 0 saturated carbocycles. The standard InChI is InChI=1S/C14H18N2O3/c15-9-14(17)16-5-1-2-11(16)10-3-4-12-13(8-10)19-7-6-18-12/h3-4,8,11H,1-2,5-7,9,15H2. The number of likely N-dealkylation sites (tertiary alicyclic amines) is 1. The monoisotopic (exact) mass is 262 g/mol. The maximum absolute atomic E-state index is 11.8. The number of hydrogen-bond acceptors (Lipinski definition) is 4. The predicted octanol–water partition coefficient (Wildman–Crippen LogP) is 1.08. The maximum atomic E-state index is 11.8. The predicted molar refractivity (Wildman–Crippen MR) is 70.2 cm³/mol. The number of fused-ring (bicyclic) bond motifs is 1. The average Bonchev–Trinajstić information content (AvgIpc) is 2.95. The molecule has 0 bridgehead atoms. The van der Waals surface area contributed by atoms with Crippen molar-refractivity contribution in [2.45, 2.75) is 18.9 Å². The van der Waals surface area contributed by atoms with E-state index in [1.807, 2.05) is 23.1 Å². The summed E-state index contributed by atoms with van der Waals surface area (Å²) in [6.07, 6.45) is 2.00. The Labute approximate surface area is 112 Å². The van der Waals surface area contributed by atoms with Crippen molar-refractivity contribution in [2.75, 3.05) is 26.3 Å². The molecule has 1 aromatic carbocycles. The number of rotatable bonds is 2. The SMILES string of the molecule is NCC(=O)N1CCCC1c1ccc2c(c1)OCCO2. The summed E-state index contributed by atoms with van der Waals surface area (Å²) >= 11 is 0. The van der Waals surface area contributed by atoms with Crippen molar-refractivity contribution in [3.63, 3.8) is 0 Å². The van der Waals surface area contributed by atoms with Gasteiger partial charge in [0.25, 0.3) is 0 Å². The molecule has 0 aliphatic carbocycles. The van der Waals surface area contributed by atoms with Crippen LogP contribution in [0.1, 0.15) is 24.4 Å². The fourth-order valence-electron chi connectivity index (χ4n) is 2.80. The Morgan fingerprint density at radius 2 is 2.11 bits per heavy atom. The molecule has 0 spiro atoms. The van der Waals surface area contributed by atoms with Crippen molar-refractivity contribution in [1.29, 1.82) is 0 Å². The fraction of sp³-hybridized carbons (Fsp3) is 0.500. The molecule has 5 nitrogen and oxygen atoms in total. The number of carbonyl (C=O) groups is 1. The van der Waals surface area contributed by atoms with E-state index in [1.54, 1.807) is 0 Å². The van der Waals surface area contributed by atoms with E-state index in [4.69, 9.17) is 15.2 Å². The summed E-state index contributed by atoms with van der Waals surface area (Å²) in [6.45, 7) is 2.02. The minimum atomic E-state index is 0.0115. The van der Waals surface area contributed by atoms with Crippen molar-refractivity contribution in [3.8, 4) is 11.5 Å². The molecule has 2 N–H and O–H groups in total. The van der Waals surface area contributed by atoms with Crippen molar-refractivity contribution in [2.24, 2.45) is 5.73 Å². The quantitative estimate of drug-likeness (QED) is 0.866. The van der Waals surface area contributed by atoms with E-state index in [2.05, 4.69) is 0 Å². The molecule has 3 rings (SSSR count). The Balaban J connectivity index is 1.87. The van der Waals surface area contributed by atoms with Crippen LogP contribution in [0, 0.1) is 0 Å². The van der Waals surface area contributed by atoms with Gasteiger partial charge in [0.2, 0.25) is 5.91 Å². The summed E-state index contributed by atoms with van der Waals surface area (Å²) in [5.41, 5.74) is 6.57. The highest BCUT2D eigenvalue weighted by atomic mass is 16.6. The molecule has 1 amide bonds. The van der Waals surface area contributed by atoms with Gasteiger partial charge in [0.05, 0.1) is 12.6 Å². The van der Waals surface area contributed by atoms with E-state index >= 15 is 0 Å². The smallest absolute Gasteiger partial charge is 0.236 e. The summed E-state index contributed by atoms with van der Waals surface area (Å²) in [6, 6.07) is 6.04. The first-order valence-corrected chi connectivity index (χ1v) is 6.68. The third-order valence-electron chi connectivity index (χ3n) is 3.70. The van der Waals surface area contributed by atoms with Gasteiger partial charge < -0.3 is 20.1 Å². The second kappa shape index (κ2) is 5.09. The second-order valence-corrected chi connectivity index (χ2v) is 4.85. The molecule has 1 fully saturated rings. The Morgan fingerprint density at radius 3 is 2.89 bits per heavy atom. The molecule has 19 heavy (non-hydrogen) atoms. The number of ether oxygens (including phenoxy) is 2. The van der Waals surface area contributed by atoms with Gasteiger partial charge in [-0.3, -0.25) is 4.79 Å². The van der Waals surface area contributed by atoms with Crippen LogP contribution in [0.5, 0.6) is 11.5 Å². The Morgan fingerprint density at radius 1 is 1.32 bits per heavy atom. The molecule has 2 aliphatic heterocycles. The largest absolute Gasteiger partial charge is 0.486 e. The Kier molecular flexibility index (Phi) is 3.29. The van der Waals surface area contributed by atoms with Crippen LogP contribution in [0.15, 0.2) is 18.2 Å². The lowest BCUT2D eigenvalue weighted by molar-refractivity contribution is -0.130. The van der Waals surface area contributed by atoms with Gasteiger partial charge in [0.15, 0.2) is 11.5 Å². The zero-order valence-electron chi connectivity index (χ0n) is 10.8. The molecule has 1 atom stereocenters. The van der Waals surface area contributed by atoms with E-state index in [1.165, 1.54) is 0 Å². The molecule has 1 unspecified atom stereocenters. The second-order valence-electron chi connectivity index (χ2n) is 4.85. The molecule has 5 heteroatoms. The Bertz CT molecular complexity index is 490. The first kappa shape index (κ1) is 12.3. The molecule has 1 aromatic rings. The van der Waals surface area contributed by atoms with E-state index in [9.17, 15) is 4.79 Å². The number of amides is 1.